The third-order valence-corrected chi connectivity index (χ3v) is 2.67. The van der Waals surface area contributed by atoms with Gasteiger partial charge in [-0.2, -0.15) is 0 Å². The van der Waals surface area contributed by atoms with Crippen LogP contribution < -0.4 is 5.32 Å². The lowest BCUT2D eigenvalue weighted by Gasteiger charge is -2.20. The first-order valence-electron chi connectivity index (χ1n) is 6.40. The van der Waals surface area contributed by atoms with Crippen molar-refractivity contribution in [3.63, 3.8) is 0 Å². The number of carbonyl (C=O) groups excluding carboxylic acids is 2. The quantitative estimate of drug-likeness (QED) is 0.764. The number of likely N-dealkylation sites (N-methyl/N-ethyl adjacent to an activating group) is 1. The van der Waals surface area contributed by atoms with Gasteiger partial charge in [0.15, 0.2) is 6.04 Å². The van der Waals surface area contributed by atoms with E-state index in [0.717, 1.165) is 4.90 Å². The van der Waals surface area contributed by atoms with E-state index in [1.165, 1.54) is 7.05 Å². The van der Waals surface area contributed by atoms with Gasteiger partial charge >= 0.3 is 18.0 Å². The number of urea groups is 1. The van der Waals surface area contributed by atoms with Crippen LogP contribution in [0.2, 0.25) is 0 Å². The first-order chi connectivity index (χ1) is 9.95. The van der Waals surface area contributed by atoms with Crippen LogP contribution in [0.1, 0.15) is 18.5 Å². The predicted octanol–water partition coefficient (Wildman–Crippen LogP) is 1.02. The number of rotatable bonds is 6. The van der Waals surface area contributed by atoms with Crippen LogP contribution in [-0.2, 0) is 14.3 Å². The summed E-state index contributed by atoms with van der Waals surface area (Å²) < 4.78 is 4.72. The molecule has 0 aromatic heterocycles. The van der Waals surface area contributed by atoms with Crippen molar-refractivity contribution < 1.29 is 24.2 Å². The Morgan fingerprint density at radius 3 is 2.43 bits per heavy atom. The number of esters is 1. The standard InChI is InChI=1S/C14H18N2O5/c1-3-21-11(17)9-16(2)14(20)15-12(13(18)19)10-7-5-4-6-8-10/h4-8,12H,3,9H2,1-2H3,(H,15,20)(H,18,19). The second-order valence-corrected chi connectivity index (χ2v) is 4.29. The summed E-state index contributed by atoms with van der Waals surface area (Å²) in [5.74, 6) is -1.74. The monoisotopic (exact) mass is 294 g/mol. The molecule has 0 aliphatic carbocycles. The van der Waals surface area contributed by atoms with E-state index in [4.69, 9.17) is 4.74 Å². The van der Waals surface area contributed by atoms with Crippen LogP contribution in [0.15, 0.2) is 30.3 Å². The molecule has 0 heterocycles. The van der Waals surface area contributed by atoms with Crippen LogP contribution in [0.25, 0.3) is 0 Å². The molecule has 1 aromatic rings. The number of aliphatic carboxylic acids is 1. The lowest BCUT2D eigenvalue weighted by molar-refractivity contribution is -0.143. The molecule has 0 aliphatic heterocycles. The highest BCUT2D eigenvalue weighted by Gasteiger charge is 2.24. The highest BCUT2D eigenvalue weighted by Crippen LogP contribution is 2.12. The zero-order chi connectivity index (χ0) is 15.8. The molecule has 1 aromatic carbocycles. The Bertz CT molecular complexity index is 503. The molecule has 114 valence electrons. The lowest BCUT2D eigenvalue weighted by atomic mass is 10.1. The van der Waals surface area contributed by atoms with Gasteiger partial charge in [0.05, 0.1) is 6.61 Å². The van der Waals surface area contributed by atoms with Crippen molar-refractivity contribution in [2.75, 3.05) is 20.2 Å². The molecule has 7 nitrogen and oxygen atoms in total. The Morgan fingerprint density at radius 1 is 1.29 bits per heavy atom. The molecule has 0 spiro atoms. The molecule has 21 heavy (non-hydrogen) atoms. The molecule has 0 saturated heterocycles. The minimum absolute atomic E-state index is 0.218. The number of nitrogens with zero attached hydrogens (tertiary/aromatic N) is 1. The molecular weight excluding hydrogens is 276 g/mol. The number of amides is 2. The molecule has 1 rings (SSSR count). The normalized spacial score (nSPS) is 11.3. The van der Waals surface area contributed by atoms with E-state index in [-0.39, 0.29) is 13.2 Å². The van der Waals surface area contributed by atoms with Gasteiger partial charge < -0.3 is 20.1 Å². The Morgan fingerprint density at radius 2 is 1.90 bits per heavy atom. The largest absolute Gasteiger partial charge is 0.479 e. The van der Waals surface area contributed by atoms with Gasteiger partial charge in [-0.05, 0) is 12.5 Å². The third-order valence-electron chi connectivity index (χ3n) is 2.67. The fraction of sp³-hybridized carbons (Fsp3) is 0.357. The topological polar surface area (TPSA) is 95.9 Å². The van der Waals surface area contributed by atoms with Crippen LogP contribution in [0, 0.1) is 0 Å². The van der Waals surface area contributed by atoms with Gasteiger partial charge in [0.25, 0.3) is 0 Å². The van der Waals surface area contributed by atoms with Crippen LogP contribution in [-0.4, -0.2) is 48.2 Å². The fourth-order valence-electron chi connectivity index (χ4n) is 1.64. The van der Waals surface area contributed by atoms with E-state index < -0.39 is 24.0 Å². The van der Waals surface area contributed by atoms with Crippen LogP contribution in [0.4, 0.5) is 4.79 Å². The molecule has 1 atom stereocenters. The molecule has 2 amide bonds. The van der Waals surface area contributed by atoms with Gasteiger partial charge in [0, 0.05) is 7.05 Å². The van der Waals surface area contributed by atoms with E-state index in [9.17, 15) is 19.5 Å². The second-order valence-electron chi connectivity index (χ2n) is 4.29. The highest BCUT2D eigenvalue weighted by molar-refractivity contribution is 5.85. The zero-order valence-corrected chi connectivity index (χ0v) is 11.9. The Labute approximate surface area is 122 Å². The fourth-order valence-corrected chi connectivity index (χ4v) is 1.64. The number of carbonyl (C=O) groups is 3. The van der Waals surface area contributed by atoms with E-state index in [2.05, 4.69) is 5.32 Å². The molecule has 2 N–H and O–H groups in total. The summed E-state index contributed by atoms with van der Waals surface area (Å²) in [4.78, 5) is 35.5. The van der Waals surface area contributed by atoms with Crippen molar-refractivity contribution in [1.82, 2.24) is 10.2 Å². The van der Waals surface area contributed by atoms with E-state index in [0.29, 0.717) is 5.56 Å². The Kier molecular flexibility index (Phi) is 6.19. The molecule has 0 aliphatic rings. The molecule has 7 heteroatoms. The van der Waals surface area contributed by atoms with Crippen molar-refractivity contribution >= 4 is 18.0 Å². The molecule has 0 radical (unpaired) electrons. The number of carboxylic acid groups (broad SMARTS) is 1. The summed E-state index contributed by atoms with van der Waals surface area (Å²) in [6, 6.07) is 6.47. The number of hydrogen-bond donors (Lipinski definition) is 2. The summed E-state index contributed by atoms with van der Waals surface area (Å²) in [7, 11) is 1.39. The van der Waals surface area contributed by atoms with Crippen LogP contribution in [0.3, 0.4) is 0 Å². The van der Waals surface area contributed by atoms with Gasteiger partial charge in [-0.3, -0.25) is 4.79 Å². The number of ether oxygens (including phenoxy) is 1. The van der Waals surface area contributed by atoms with Crippen molar-refractivity contribution in [3.05, 3.63) is 35.9 Å². The number of benzene rings is 1. The Hall–Kier alpha value is -2.57. The third kappa shape index (κ3) is 5.13. The maximum absolute atomic E-state index is 11.9. The van der Waals surface area contributed by atoms with E-state index in [1.807, 2.05) is 0 Å². The summed E-state index contributed by atoms with van der Waals surface area (Å²) in [5, 5.41) is 11.6. The molecule has 1 unspecified atom stereocenters. The van der Waals surface area contributed by atoms with Gasteiger partial charge in [0.2, 0.25) is 0 Å². The first-order valence-corrected chi connectivity index (χ1v) is 6.40. The van der Waals surface area contributed by atoms with Gasteiger partial charge in [-0.25, -0.2) is 9.59 Å². The SMILES string of the molecule is CCOC(=O)CN(C)C(=O)NC(C(=O)O)c1ccccc1. The van der Waals surface area contributed by atoms with Gasteiger partial charge in [-0.1, -0.05) is 30.3 Å². The lowest BCUT2D eigenvalue weighted by Crippen LogP contribution is -2.44. The minimum Gasteiger partial charge on any atom is -0.479 e. The number of carboxylic acids is 1. The highest BCUT2D eigenvalue weighted by atomic mass is 16.5. The Balaban J connectivity index is 2.69. The van der Waals surface area contributed by atoms with Crippen molar-refractivity contribution in [2.24, 2.45) is 0 Å². The molecular formula is C14H18N2O5. The van der Waals surface area contributed by atoms with Crippen LogP contribution in [0.5, 0.6) is 0 Å². The predicted molar refractivity (Wildman–Crippen MR) is 74.6 cm³/mol. The van der Waals surface area contributed by atoms with E-state index >= 15 is 0 Å². The minimum atomic E-state index is -1.18. The zero-order valence-electron chi connectivity index (χ0n) is 11.9. The molecule has 0 fully saturated rings. The second kappa shape index (κ2) is 7.88. The smallest absolute Gasteiger partial charge is 0.330 e. The maximum Gasteiger partial charge on any atom is 0.330 e. The van der Waals surface area contributed by atoms with Crippen molar-refractivity contribution in [2.45, 2.75) is 13.0 Å². The number of nitrogens with one attached hydrogen (secondary N) is 1. The summed E-state index contributed by atoms with van der Waals surface area (Å²) >= 11 is 0. The average Bonchev–Trinajstić information content (AvgIpc) is 2.45. The molecule has 0 bridgehead atoms. The summed E-state index contributed by atoms with van der Waals surface area (Å²) in [6.45, 7) is 1.63. The summed E-state index contributed by atoms with van der Waals surface area (Å²) in [6.07, 6.45) is 0. The number of hydrogen-bond acceptors (Lipinski definition) is 4. The summed E-state index contributed by atoms with van der Waals surface area (Å²) in [5.41, 5.74) is 0.447. The average molecular weight is 294 g/mol. The van der Waals surface area contributed by atoms with Crippen LogP contribution >= 0.6 is 0 Å². The first kappa shape index (κ1) is 16.5. The van der Waals surface area contributed by atoms with Gasteiger partial charge in [-0.15, -0.1) is 0 Å². The van der Waals surface area contributed by atoms with Crippen molar-refractivity contribution in [1.29, 1.82) is 0 Å². The molecule has 0 saturated carbocycles. The van der Waals surface area contributed by atoms with Crippen molar-refractivity contribution in [3.8, 4) is 0 Å². The maximum atomic E-state index is 11.9. The van der Waals surface area contributed by atoms with E-state index in [1.54, 1.807) is 37.3 Å². The van der Waals surface area contributed by atoms with Gasteiger partial charge in [0.1, 0.15) is 6.54 Å².